The van der Waals surface area contributed by atoms with Gasteiger partial charge in [-0.1, -0.05) is 30.3 Å². The van der Waals surface area contributed by atoms with E-state index in [0.29, 0.717) is 38.3 Å². The minimum absolute atomic E-state index is 0.000534. The van der Waals surface area contributed by atoms with Crippen molar-refractivity contribution in [3.63, 3.8) is 0 Å². The molecule has 0 atom stereocenters. The smallest absolute Gasteiger partial charge is 0.409 e. The molecule has 0 aliphatic carbocycles. The molecule has 0 unspecified atom stereocenters. The van der Waals surface area contributed by atoms with Gasteiger partial charge in [0.2, 0.25) is 0 Å². The van der Waals surface area contributed by atoms with Crippen LogP contribution in [0.15, 0.2) is 59.0 Å². The summed E-state index contributed by atoms with van der Waals surface area (Å²) in [6, 6.07) is 17.4. The van der Waals surface area contributed by atoms with Crippen LogP contribution in [-0.2, 0) is 11.3 Å². The number of furan rings is 1. The molecule has 0 radical (unpaired) electrons. The zero-order valence-electron chi connectivity index (χ0n) is 17.5. The van der Waals surface area contributed by atoms with Crippen molar-refractivity contribution < 1.29 is 23.5 Å². The van der Waals surface area contributed by atoms with Gasteiger partial charge in [-0.25, -0.2) is 4.79 Å². The molecule has 4 rings (SSSR count). The van der Waals surface area contributed by atoms with E-state index in [1.165, 1.54) is 0 Å². The Morgan fingerprint density at radius 1 is 1.06 bits per heavy atom. The second-order valence-electron chi connectivity index (χ2n) is 7.50. The molecule has 1 fully saturated rings. The lowest BCUT2D eigenvalue weighted by molar-refractivity contribution is 0.0838. The fraction of sp³-hybridized carbons (Fsp3) is 0.333. The van der Waals surface area contributed by atoms with Crippen LogP contribution in [0, 0.1) is 0 Å². The number of amides is 2. The number of fused-ring (bicyclic) bond motifs is 1. The third-order valence-electron chi connectivity index (χ3n) is 5.34. The zero-order chi connectivity index (χ0) is 21.6. The molecule has 7 heteroatoms. The molecule has 31 heavy (non-hydrogen) atoms. The lowest BCUT2D eigenvalue weighted by Crippen LogP contribution is -2.46. The summed E-state index contributed by atoms with van der Waals surface area (Å²) < 4.78 is 16.5. The molecule has 0 saturated carbocycles. The Hall–Kier alpha value is -3.48. The second-order valence-corrected chi connectivity index (χ2v) is 7.50. The Morgan fingerprint density at radius 3 is 2.61 bits per heavy atom. The summed E-state index contributed by atoms with van der Waals surface area (Å²) in [4.78, 5) is 26.0. The topological polar surface area (TPSA) is 81.0 Å². The van der Waals surface area contributed by atoms with E-state index in [0.717, 1.165) is 16.5 Å². The molecule has 0 spiro atoms. The largest absolute Gasteiger partial charge is 0.486 e. The van der Waals surface area contributed by atoms with E-state index < -0.39 is 0 Å². The number of hydrogen-bond acceptors (Lipinski definition) is 5. The summed E-state index contributed by atoms with van der Waals surface area (Å²) in [5.41, 5.74) is 0. The van der Waals surface area contributed by atoms with E-state index in [1.807, 2.05) is 36.4 Å². The molecule has 7 nitrogen and oxygen atoms in total. The number of ether oxygens (including phenoxy) is 2. The van der Waals surface area contributed by atoms with Gasteiger partial charge in [0.05, 0.1) is 6.61 Å². The zero-order valence-corrected chi connectivity index (χ0v) is 17.5. The van der Waals surface area contributed by atoms with Crippen molar-refractivity contribution in [1.82, 2.24) is 10.2 Å². The van der Waals surface area contributed by atoms with E-state index in [9.17, 15) is 9.59 Å². The van der Waals surface area contributed by atoms with Crippen LogP contribution in [0.3, 0.4) is 0 Å². The SMILES string of the molecule is CCOC(=O)N1CCC(NC(=O)c2ccc(COc3ccc4ccccc4c3)o2)CC1. The fourth-order valence-electron chi connectivity index (χ4n) is 3.67. The number of nitrogens with zero attached hydrogens (tertiary/aromatic N) is 1. The number of rotatable bonds is 6. The molecular weight excluding hydrogens is 396 g/mol. The number of benzene rings is 2. The van der Waals surface area contributed by atoms with Crippen LogP contribution in [0.25, 0.3) is 10.8 Å². The number of carbonyl (C=O) groups is 2. The standard InChI is InChI=1S/C24H26N2O5/c1-2-29-24(28)26-13-11-19(12-14-26)25-23(27)22-10-9-21(31-22)16-30-20-8-7-17-5-3-4-6-18(17)15-20/h3-10,15,19H,2,11-14,16H2,1H3,(H,25,27). The van der Waals surface area contributed by atoms with Crippen LogP contribution in [0.4, 0.5) is 4.79 Å². The first-order valence-electron chi connectivity index (χ1n) is 10.6. The van der Waals surface area contributed by atoms with Gasteiger partial charge in [0, 0.05) is 19.1 Å². The van der Waals surface area contributed by atoms with Crippen LogP contribution in [0.1, 0.15) is 36.1 Å². The average Bonchev–Trinajstić information content (AvgIpc) is 3.27. The molecule has 1 N–H and O–H groups in total. The van der Waals surface area contributed by atoms with Crippen LogP contribution in [0.5, 0.6) is 5.75 Å². The Balaban J connectivity index is 1.27. The van der Waals surface area contributed by atoms with Gasteiger partial charge in [-0.2, -0.15) is 0 Å². The lowest BCUT2D eigenvalue weighted by atomic mass is 10.1. The number of likely N-dealkylation sites (tertiary alicyclic amines) is 1. The molecule has 1 saturated heterocycles. The lowest BCUT2D eigenvalue weighted by Gasteiger charge is -2.31. The van der Waals surface area contributed by atoms with E-state index in [4.69, 9.17) is 13.9 Å². The molecule has 1 aliphatic heterocycles. The molecular formula is C24H26N2O5. The monoisotopic (exact) mass is 422 g/mol. The predicted molar refractivity (Wildman–Crippen MR) is 116 cm³/mol. The molecule has 0 bridgehead atoms. The molecule has 2 amide bonds. The van der Waals surface area contributed by atoms with Gasteiger partial charge in [-0.05, 0) is 54.8 Å². The molecule has 2 aromatic carbocycles. The molecule has 3 aromatic rings. The predicted octanol–water partition coefficient (Wildman–Crippen LogP) is 4.36. The minimum atomic E-state index is -0.297. The highest BCUT2D eigenvalue weighted by Gasteiger charge is 2.25. The number of carbonyl (C=O) groups excluding carboxylic acids is 2. The normalized spacial score (nSPS) is 14.4. The van der Waals surface area contributed by atoms with Gasteiger partial charge in [0.15, 0.2) is 5.76 Å². The van der Waals surface area contributed by atoms with E-state index in [2.05, 4.69) is 11.4 Å². The van der Waals surface area contributed by atoms with Gasteiger partial charge in [0.25, 0.3) is 5.91 Å². The van der Waals surface area contributed by atoms with E-state index >= 15 is 0 Å². The van der Waals surface area contributed by atoms with Gasteiger partial charge in [0.1, 0.15) is 18.1 Å². The fourth-order valence-corrected chi connectivity index (χ4v) is 3.67. The first-order valence-corrected chi connectivity index (χ1v) is 10.6. The summed E-state index contributed by atoms with van der Waals surface area (Å²) in [5, 5.41) is 5.24. The van der Waals surface area contributed by atoms with Gasteiger partial charge < -0.3 is 24.1 Å². The van der Waals surface area contributed by atoms with Crippen LogP contribution < -0.4 is 10.1 Å². The summed E-state index contributed by atoms with van der Waals surface area (Å²) in [6.07, 6.45) is 1.07. The quantitative estimate of drug-likeness (QED) is 0.638. The third kappa shape index (κ3) is 5.17. The number of hydrogen-bond donors (Lipinski definition) is 1. The Kier molecular flexibility index (Phi) is 6.40. The summed E-state index contributed by atoms with van der Waals surface area (Å²) in [7, 11) is 0. The highest BCUT2D eigenvalue weighted by molar-refractivity contribution is 5.91. The molecule has 2 heterocycles. The highest BCUT2D eigenvalue weighted by Crippen LogP contribution is 2.22. The van der Waals surface area contributed by atoms with E-state index in [1.54, 1.807) is 24.0 Å². The third-order valence-corrected chi connectivity index (χ3v) is 5.34. The van der Waals surface area contributed by atoms with Crippen molar-refractivity contribution in [2.75, 3.05) is 19.7 Å². The van der Waals surface area contributed by atoms with Crippen LogP contribution in [0.2, 0.25) is 0 Å². The van der Waals surface area contributed by atoms with Crippen LogP contribution >= 0.6 is 0 Å². The molecule has 1 aromatic heterocycles. The Labute approximate surface area is 180 Å². The van der Waals surface area contributed by atoms with Crippen molar-refractivity contribution in [2.24, 2.45) is 0 Å². The minimum Gasteiger partial charge on any atom is -0.486 e. The van der Waals surface area contributed by atoms with Crippen molar-refractivity contribution in [3.8, 4) is 5.75 Å². The summed E-state index contributed by atoms with van der Waals surface area (Å²) in [6.45, 7) is 3.51. The first kappa shape index (κ1) is 20.8. The maximum absolute atomic E-state index is 12.5. The Morgan fingerprint density at radius 2 is 1.84 bits per heavy atom. The second kappa shape index (κ2) is 9.55. The summed E-state index contributed by atoms with van der Waals surface area (Å²) in [5.74, 6) is 1.32. The Bertz CT molecular complexity index is 1050. The van der Waals surface area contributed by atoms with Gasteiger partial charge >= 0.3 is 6.09 Å². The average molecular weight is 422 g/mol. The van der Waals surface area contributed by atoms with E-state index in [-0.39, 0.29) is 30.4 Å². The van der Waals surface area contributed by atoms with Crippen molar-refractivity contribution in [3.05, 3.63) is 66.1 Å². The maximum atomic E-state index is 12.5. The molecule has 162 valence electrons. The van der Waals surface area contributed by atoms with Crippen molar-refractivity contribution >= 4 is 22.8 Å². The maximum Gasteiger partial charge on any atom is 0.409 e. The van der Waals surface area contributed by atoms with Crippen molar-refractivity contribution in [2.45, 2.75) is 32.4 Å². The van der Waals surface area contributed by atoms with Crippen molar-refractivity contribution in [1.29, 1.82) is 0 Å². The highest BCUT2D eigenvalue weighted by atomic mass is 16.6. The molecule has 1 aliphatic rings. The van der Waals surface area contributed by atoms with Gasteiger partial charge in [-0.15, -0.1) is 0 Å². The number of nitrogens with one attached hydrogen (secondary N) is 1. The first-order chi connectivity index (χ1) is 15.1. The van der Waals surface area contributed by atoms with Gasteiger partial charge in [-0.3, -0.25) is 4.79 Å². The van der Waals surface area contributed by atoms with Crippen LogP contribution in [-0.4, -0.2) is 42.6 Å². The number of piperidine rings is 1. The summed E-state index contributed by atoms with van der Waals surface area (Å²) >= 11 is 0.